The SMILES string of the molecule is Cl.O=S(=O)(N1CCCNCC1)N1CCC2(CCCCC2)CC1. The second-order valence-electron chi connectivity index (χ2n) is 6.97. The maximum Gasteiger partial charge on any atom is 0.282 e. The number of hydrogen-bond donors (Lipinski definition) is 1. The van der Waals surface area contributed by atoms with Crippen molar-refractivity contribution in [3.8, 4) is 0 Å². The summed E-state index contributed by atoms with van der Waals surface area (Å²) in [7, 11) is -3.24. The molecular weight excluding hydrogens is 322 g/mol. The van der Waals surface area contributed by atoms with E-state index in [9.17, 15) is 8.42 Å². The summed E-state index contributed by atoms with van der Waals surface area (Å²) in [5.74, 6) is 0. The van der Waals surface area contributed by atoms with Crippen LogP contribution in [0.25, 0.3) is 0 Å². The van der Waals surface area contributed by atoms with Crippen LogP contribution in [0.4, 0.5) is 0 Å². The van der Waals surface area contributed by atoms with E-state index in [1.54, 1.807) is 8.61 Å². The van der Waals surface area contributed by atoms with Crippen molar-refractivity contribution in [1.82, 2.24) is 13.9 Å². The smallest absolute Gasteiger partial charge is 0.282 e. The third-order valence-electron chi connectivity index (χ3n) is 5.65. The molecule has 0 aromatic rings. The van der Waals surface area contributed by atoms with Crippen LogP contribution in [0.15, 0.2) is 0 Å². The van der Waals surface area contributed by atoms with Crippen LogP contribution in [0.3, 0.4) is 0 Å². The molecule has 2 heterocycles. The van der Waals surface area contributed by atoms with Crippen LogP contribution in [0, 0.1) is 5.41 Å². The maximum atomic E-state index is 12.8. The molecule has 1 N–H and O–H groups in total. The Morgan fingerprint density at radius 1 is 0.727 bits per heavy atom. The van der Waals surface area contributed by atoms with Crippen LogP contribution >= 0.6 is 12.4 Å². The molecule has 0 amide bonds. The molecule has 1 spiro atoms. The first kappa shape index (κ1) is 18.5. The summed E-state index contributed by atoms with van der Waals surface area (Å²) in [6.45, 7) is 4.44. The number of nitrogens with one attached hydrogen (secondary N) is 1. The van der Waals surface area contributed by atoms with Gasteiger partial charge in [0.2, 0.25) is 0 Å². The minimum Gasteiger partial charge on any atom is -0.315 e. The molecule has 2 aliphatic heterocycles. The van der Waals surface area contributed by atoms with E-state index in [2.05, 4.69) is 5.32 Å². The fraction of sp³-hybridized carbons (Fsp3) is 1.00. The third-order valence-corrected chi connectivity index (χ3v) is 7.68. The Morgan fingerprint density at radius 3 is 2.05 bits per heavy atom. The molecule has 130 valence electrons. The van der Waals surface area contributed by atoms with Gasteiger partial charge in [-0.1, -0.05) is 19.3 Å². The molecule has 1 aliphatic carbocycles. The van der Waals surface area contributed by atoms with Gasteiger partial charge in [0.15, 0.2) is 0 Å². The molecule has 22 heavy (non-hydrogen) atoms. The van der Waals surface area contributed by atoms with E-state index in [-0.39, 0.29) is 12.4 Å². The number of nitrogens with zero attached hydrogens (tertiary/aromatic N) is 2. The largest absolute Gasteiger partial charge is 0.315 e. The Kier molecular flexibility index (Phi) is 6.54. The summed E-state index contributed by atoms with van der Waals surface area (Å²) < 4.78 is 29.0. The first-order valence-corrected chi connectivity index (χ1v) is 9.98. The monoisotopic (exact) mass is 351 g/mol. The molecule has 2 saturated heterocycles. The van der Waals surface area contributed by atoms with Crippen LogP contribution in [-0.4, -0.2) is 56.3 Å². The van der Waals surface area contributed by atoms with Crippen molar-refractivity contribution in [3.63, 3.8) is 0 Å². The van der Waals surface area contributed by atoms with Crippen LogP contribution < -0.4 is 5.32 Å². The van der Waals surface area contributed by atoms with Crippen molar-refractivity contribution in [2.24, 2.45) is 5.41 Å². The third kappa shape index (κ3) is 3.96. The zero-order valence-corrected chi connectivity index (χ0v) is 15.1. The molecule has 0 aromatic heterocycles. The van der Waals surface area contributed by atoms with Gasteiger partial charge in [-0.05, 0) is 44.1 Å². The van der Waals surface area contributed by atoms with Crippen molar-refractivity contribution >= 4 is 22.6 Å². The second-order valence-corrected chi connectivity index (χ2v) is 8.90. The standard InChI is InChI=1S/C15H29N3O2S.ClH/c19-21(20,17-11-4-9-16-10-14-17)18-12-7-15(8-13-18)5-2-1-3-6-15;/h16H,1-14H2;1H. The first-order chi connectivity index (χ1) is 10.1. The minimum absolute atomic E-state index is 0. The van der Waals surface area contributed by atoms with Crippen LogP contribution in [0.1, 0.15) is 51.4 Å². The van der Waals surface area contributed by atoms with E-state index in [0.29, 0.717) is 18.5 Å². The highest BCUT2D eigenvalue weighted by Gasteiger charge is 2.40. The second kappa shape index (κ2) is 7.79. The van der Waals surface area contributed by atoms with Gasteiger partial charge in [0, 0.05) is 32.7 Å². The summed E-state index contributed by atoms with van der Waals surface area (Å²) in [6, 6.07) is 0. The lowest BCUT2D eigenvalue weighted by Crippen LogP contribution is -2.50. The fourth-order valence-electron chi connectivity index (χ4n) is 4.21. The normalized spacial score (nSPS) is 28.0. The molecule has 0 aromatic carbocycles. The molecule has 3 aliphatic rings. The average Bonchev–Trinajstić information content (AvgIpc) is 2.78. The van der Waals surface area contributed by atoms with E-state index in [1.165, 1.54) is 32.1 Å². The predicted octanol–water partition coefficient (Wildman–Crippen LogP) is 1.99. The van der Waals surface area contributed by atoms with Gasteiger partial charge in [0.25, 0.3) is 10.2 Å². The quantitative estimate of drug-likeness (QED) is 0.827. The highest BCUT2D eigenvalue weighted by molar-refractivity contribution is 7.86. The van der Waals surface area contributed by atoms with Crippen molar-refractivity contribution < 1.29 is 8.42 Å². The molecule has 1 saturated carbocycles. The van der Waals surface area contributed by atoms with Crippen molar-refractivity contribution in [1.29, 1.82) is 0 Å². The van der Waals surface area contributed by atoms with Gasteiger partial charge < -0.3 is 5.32 Å². The predicted molar refractivity (Wildman–Crippen MR) is 91.6 cm³/mol. The Bertz CT molecular complexity index is 434. The average molecular weight is 352 g/mol. The minimum atomic E-state index is -3.24. The maximum absolute atomic E-state index is 12.8. The van der Waals surface area contributed by atoms with Gasteiger partial charge in [0.1, 0.15) is 0 Å². The van der Waals surface area contributed by atoms with E-state index in [4.69, 9.17) is 0 Å². The Labute approximate surface area is 141 Å². The van der Waals surface area contributed by atoms with E-state index >= 15 is 0 Å². The zero-order valence-electron chi connectivity index (χ0n) is 13.4. The molecule has 0 unspecified atom stereocenters. The molecule has 0 radical (unpaired) electrons. The highest BCUT2D eigenvalue weighted by atomic mass is 35.5. The molecule has 3 rings (SSSR count). The van der Waals surface area contributed by atoms with Crippen molar-refractivity contribution in [2.75, 3.05) is 39.3 Å². The van der Waals surface area contributed by atoms with E-state index in [0.717, 1.165) is 45.4 Å². The van der Waals surface area contributed by atoms with E-state index in [1.807, 2.05) is 0 Å². The molecular formula is C15H30ClN3O2S. The number of piperidine rings is 1. The van der Waals surface area contributed by atoms with Gasteiger partial charge in [-0.2, -0.15) is 17.0 Å². The zero-order chi connectivity index (χ0) is 14.8. The first-order valence-electron chi connectivity index (χ1n) is 8.58. The molecule has 0 bridgehead atoms. The molecule has 0 atom stereocenters. The van der Waals surface area contributed by atoms with Gasteiger partial charge >= 0.3 is 0 Å². The Morgan fingerprint density at radius 2 is 1.36 bits per heavy atom. The number of halogens is 1. The van der Waals surface area contributed by atoms with Gasteiger partial charge in [-0.25, -0.2) is 0 Å². The van der Waals surface area contributed by atoms with Crippen LogP contribution in [0.5, 0.6) is 0 Å². The summed E-state index contributed by atoms with van der Waals surface area (Å²) in [5, 5.41) is 3.27. The van der Waals surface area contributed by atoms with Gasteiger partial charge in [-0.3, -0.25) is 0 Å². The molecule has 5 nitrogen and oxygen atoms in total. The van der Waals surface area contributed by atoms with Gasteiger partial charge in [-0.15, -0.1) is 12.4 Å². The highest BCUT2D eigenvalue weighted by Crippen LogP contribution is 2.44. The lowest BCUT2D eigenvalue weighted by Gasteiger charge is -2.44. The Balaban J connectivity index is 0.00000176. The molecule has 3 fully saturated rings. The number of rotatable bonds is 2. The Hall–Kier alpha value is 0.120. The van der Waals surface area contributed by atoms with Crippen molar-refractivity contribution in [3.05, 3.63) is 0 Å². The lowest BCUT2D eigenvalue weighted by molar-refractivity contribution is 0.0995. The summed E-state index contributed by atoms with van der Waals surface area (Å²) in [5.41, 5.74) is 0.463. The topological polar surface area (TPSA) is 52.7 Å². The van der Waals surface area contributed by atoms with Crippen LogP contribution in [0.2, 0.25) is 0 Å². The van der Waals surface area contributed by atoms with Crippen molar-refractivity contribution in [2.45, 2.75) is 51.4 Å². The number of hydrogen-bond acceptors (Lipinski definition) is 3. The molecule has 7 heteroatoms. The van der Waals surface area contributed by atoms with Gasteiger partial charge in [0.05, 0.1) is 0 Å². The lowest BCUT2D eigenvalue weighted by atomic mass is 9.68. The van der Waals surface area contributed by atoms with Crippen LogP contribution in [-0.2, 0) is 10.2 Å². The fourth-order valence-corrected chi connectivity index (χ4v) is 5.86. The van der Waals surface area contributed by atoms with E-state index < -0.39 is 10.2 Å². The summed E-state index contributed by atoms with van der Waals surface area (Å²) in [6.07, 6.45) is 9.72. The summed E-state index contributed by atoms with van der Waals surface area (Å²) in [4.78, 5) is 0. The summed E-state index contributed by atoms with van der Waals surface area (Å²) >= 11 is 0.